The van der Waals surface area contributed by atoms with Crippen molar-refractivity contribution in [1.29, 1.82) is 0 Å². The Morgan fingerprint density at radius 1 is 0.429 bits per heavy atom. The summed E-state index contributed by atoms with van der Waals surface area (Å²) in [6.07, 6.45) is 85.2. The number of unbranched alkanes of at least 4 members (excludes halogenated alkanes) is 33. The maximum atomic E-state index is 13.6. The summed E-state index contributed by atoms with van der Waals surface area (Å²) in [6, 6.07) is -0.897. The Balaban J connectivity index is 5.07. The summed E-state index contributed by atoms with van der Waals surface area (Å²) in [5.74, 6) is -0.546. The number of nitrogens with zero attached hydrogens (tertiary/aromatic N) is 1. The smallest absolute Gasteiger partial charge is 0.306 e. The van der Waals surface area contributed by atoms with Gasteiger partial charge in [-0.15, -0.1) is 0 Å². The Morgan fingerprint density at radius 2 is 0.762 bits per heavy atom. The maximum Gasteiger partial charge on any atom is 0.306 e. The molecule has 0 saturated carbocycles. The van der Waals surface area contributed by atoms with Crippen molar-refractivity contribution in [2.45, 2.75) is 322 Å². The quantitative estimate of drug-likeness (QED) is 0.0212. The van der Waals surface area contributed by atoms with Crippen molar-refractivity contribution in [2.24, 2.45) is 0 Å². The molecule has 0 aliphatic rings. The fraction of sp³-hybridized carbons (Fsp3) is 0.757. The Morgan fingerprint density at radius 3 is 1.17 bits per heavy atom. The minimum absolute atomic E-state index is 0.0268. The number of phosphoric acid groups is 1. The molecule has 10 heteroatoms. The van der Waals surface area contributed by atoms with Gasteiger partial charge in [0.1, 0.15) is 19.3 Å². The van der Waals surface area contributed by atoms with Gasteiger partial charge in [-0.3, -0.25) is 14.2 Å². The molecule has 3 atom stereocenters. The minimum Gasteiger partial charge on any atom is -0.756 e. The van der Waals surface area contributed by atoms with Crippen LogP contribution < -0.4 is 10.2 Å². The molecule has 0 aliphatic carbocycles. The average molecular weight is 1190 g/mol. The number of phosphoric ester groups is 1. The molecule has 0 radical (unpaired) electrons. The molecule has 0 aromatic rings. The van der Waals surface area contributed by atoms with Crippen molar-refractivity contribution in [3.05, 3.63) is 97.2 Å². The van der Waals surface area contributed by atoms with Gasteiger partial charge in [0.2, 0.25) is 5.91 Å². The van der Waals surface area contributed by atoms with Crippen molar-refractivity contribution in [1.82, 2.24) is 5.32 Å². The molecule has 0 saturated heterocycles. The van der Waals surface area contributed by atoms with E-state index in [4.69, 9.17) is 13.8 Å². The molecular formula is C74H133N2O7P. The molecule has 486 valence electrons. The Bertz CT molecular complexity index is 1760. The highest BCUT2D eigenvalue weighted by molar-refractivity contribution is 7.45. The molecule has 1 amide bonds. The lowest BCUT2D eigenvalue weighted by molar-refractivity contribution is -0.870. The van der Waals surface area contributed by atoms with E-state index in [0.29, 0.717) is 17.4 Å². The molecule has 1 N–H and O–H groups in total. The van der Waals surface area contributed by atoms with Gasteiger partial charge in [-0.2, -0.15) is 0 Å². The molecule has 9 nitrogen and oxygen atoms in total. The molecule has 3 unspecified atom stereocenters. The lowest BCUT2D eigenvalue weighted by atomic mass is 10.0. The molecule has 84 heavy (non-hydrogen) atoms. The van der Waals surface area contributed by atoms with E-state index in [2.05, 4.69) is 111 Å². The van der Waals surface area contributed by atoms with Gasteiger partial charge in [-0.25, -0.2) is 0 Å². The second-order valence-corrected chi connectivity index (χ2v) is 26.1. The van der Waals surface area contributed by atoms with E-state index in [9.17, 15) is 19.0 Å². The number of nitrogens with one attached hydrogen (secondary N) is 1. The van der Waals surface area contributed by atoms with E-state index in [1.165, 1.54) is 154 Å². The van der Waals surface area contributed by atoms with Crippen LogP contribution >= 0.6 is 7.82 Å². The monoisotopic (exact) mass is 1190 g/mol. The highest BCUT2D eigenvalue weighted by Gasteiger charge is 2.27. The largest absolute Gasteiger partial charge is 0.756 e. The van der Waals surface area contributed by atoms with Crippen LogP contribution in [0.1, 0.15) is 310 Å². The molecule has 0 fully saturated rings. The Hall–Kier alpha value is -3.07. The van der Waals surface area contributed by atoms with E-state index in [0.717, 1.165) is 122 Å². The third kappa shape index (κ3) is 63.4. The van der Waals surface area contributed by atoms with Crippen molar-refractivity contribution >= 4 is 19.7 Å². The summed E-state index contributed by atoms with van der Waals surface area (Å²) in [4.78, 5) is 40.2. The first-order valence-electron chi connectivity index (χ1n) is 35.0. The molecule has 0 bridgehead atoms. The first-order chi connectivity index (χ1) is 40.9. The predicted octanol–water partition coefficient (Wildman–Crippen LogP) is 21.7. The van der Waals surface area contributed by atoms with E-state index in [1.54, 1.807) is 0 Å². The lowest BCUT2D eigenvalue weighted by Gasteiger charge is -2.30. The first kappa shape index (κ1) is 80.9. The van der Waals surface area contributed by atoms with Gasteiger partial charge in [0.05, 0.1) is 33.8 Å². The topological polar surface area (TPSA) is 114 Å². The number of hydrogen-bond acceptors (Lipinski definition) is 7. The third-order valence-corrected chi connectivity index (χ3v) is 16.2. The Labute approximate surface area is 519 Å². The van der Waals surface area contributed by atoms with Gasteiger partial charge < -0.3 is 28.5 Å². The van der Waals surface area contributed by atoms with Crippen LogP contribution in [0.3, 0.4) is 0 Å². The highest BCUT2D eigenvalue weighted by Crippen LogP contribution is 2.38. The zero-order valence-electron chi connectivity index (χ0n) is 55.6. The second-order valence-electron chi connectivity index (χ2n) is 24.6. The maximum absolute atomic E-state index is 13.6. The number of rotatable bonds is 63. The molecule has 0 spiro atoms. The number of quaternary nitrogens is 1. The van der Waals surface area contributed by atoms with E-state index in [1.807, 2.05) is 33.3 Å². The summed E-state index contributed by atoms with van der Waals surface area (Å²) in [7, 11) is 1.18. The van der Waals surface area contributed by atoms with Crippen LogP contribution in [0, 0.1) is 0 Å². The van der Waals surface area contributed by atoms with Crippen molar-refractivity contribution in [2.75, 3.05) is 40.9 Å². The van der Waals surface area contributed by atoms with Crippen LogP contribution in [0.5, 0.6) is 0 Å². The average Bonchev–Trinajstić information content (AvgIpc) is 3.64. The predicted molar refractivity (Wildman–Crippen MR) is 362 cm³/mol. The van der Waals surface area contributed by atoms with Crippen LogP contribution in [0.2, 0.25) is 0 Å². The normalized spacial score (nSPS) is 14.1. The van der Waals surface area contributed by atoms with Gasteiger partial charge in [-0.05, 0) is 109 Å². The molecule has 0 rings (SSSR count). The van der Waals surface area contributed by atoms with Gasteiger partial charge in [0, 0.05) is 12.8 Å². The number of amides is 1. The van der Waals surface area contributed by atoms with Crippen LogP contribution in [0.25, 0.3) is 0 Å². The summed E-state index contributed by atoms with van der Waals surface area (Å²) in [5, 5.41) is 3.04. The van der Waals surface area contributed by atoms with Gasteiger partial charge in [0.15, 0.2) is 0 Å². The fourth-order valence-corrected chi connectivity index (χ4v) is 10.6. The number of carbonyl (C=O) groups is 2. The van der Waals surface area contributed by atoms with E-state index >= 15 is 0 Å². The summed E-state index contributed by atoms with van der Waals surface area (Å²) < 4.78 is 30.4. The minimum atomic E-state index is -4.71. The first-order valence-corrected chi connectivity index (χ1v) is 36.5. The molecule has 0 heterocycles. The van der Waals surface area contributed by atoms with Crippen molar-refractivity contribution < 1.29 is 37.3 Å². The van der Waals surface area contributed by atoms with Crippen LogP contribution in [0.4, 0.5) is 0 Å². The van der Waals surface area contributed by atoms with Gasteiger partial charge in [0.25, 0.3) is 7.82 Å². The summed E-state index contributed by atoms with van der Waals surface area (Å²) in [6.45, 7) is 6.72. The van der Waals surface area contributed by atoms with Crippen molar-refractivity contribution in [3.63, 3.8) is 0 Å². The summed E-state index contributed by atoms with van der Waals surface area (Å²) in [5.41, 5.74) is 0. The molecule has 0 aromatic heterocycles. The zero-order chi connectivity index (χ0) is 61.4. The molecular weight excluding hydrogens is 1060 g/mol. The zero-order valence-corrected chi connectivity index (χ0v) is 56.5. The van der Waals surface area contributed by atoms with Crippen LogP contribution in [-0.4, -0.2) is 69.4 Å². The third-order valence-electron chi connectivity index (χ3n) is 15.2. The van der Waals surface area contributed by atoms with Gasteiger partial charge in [-0.1, -0.05) is 285 Å². The van der Waals surface area contributed by atoms with E-state index < -0.39 is 26.6 Å². The number of esters is 1. The van der Waals surface area contributed by atoms with Crippen LogP contribution in [-0.2, 0) is 27.9 Å². The van der Waals surface area contributed by atoms with Gasteiger partial charge >= 0.3 is 5.97 Å². The summed E-state index contributed by atoms with van der Waals surface area (Å²) >= 11 is 0. The number of carbonyl (C=O) groups excluding carboxylic acids is 2. The van der Waals surface area contributed by atoms with E-state index in [-0.39, 0.29) is 24.9 Å². The van der Waals surface area contributed by atoms with Crippen molar-refractivity contribution in [3.8, 4) is 0 Å². The molecule has 0 aliphatic heterocycles. The number of ether oxygens (including phenoxy) is 1. The fourth-order valence-electron chi connectivity index (χ4n) is 9.87. The standard InChI is InChI=1S/C74H133N2O7P/c1-7-10-13-16-19-22-25-28-30-32-34-35-36-37-38-39-40-41-43-44-46-48-51-54-57-60-63-66-73(77)75-71(70-82-84(79,80)81-69-68-76(4,5)6)72(65-62-59-56-53-50-27-24-21-18-15-12-9-3)83-74(78)67-64-61-58-55-52-49-47-45-42-33-31-29-26-23-20-17-14-11-8-2/h10,13,19-20,22-23,28-31,34-35,37-38,62,65,71-72H,7-9,11-12,14-18,21,24-27,32-33,36,39-61,63-64,66-70H2,1-6H3,(H-,75,77,79,80)/b13-10-,22-19-,23-20-,30-28-,31-29-,35-34-,38-37-,65-62-. The Kier molecular flexibility index (Phi) is 60.7. The lowest BCUT2D eigenvalue weighted by Crippen LogP contribution is -2.47. The number of allylic oxidation sites excluding steroid dienone is 15. The second kappa shape index (κ2) is 63.0. The highest BCUT2D eigenvalue weighted by atomic mass is 31.2. The SMILES string of the molecule is CC/C=C\C/C=C\C/C=C\C/C=C\C/C=C\CCCCCCCCCCCCCC(=O)NC(COP(=O)([O-])OCC[N+](C)(C)C)C(/C=C\CCCCCCCCCCCC)OC(=O)CCCCCCCCCCC/C=C\C/C=C\CCCCC. The van der Waals surface area contributed by atoms with Crippen LogP contribution in [0.15, 0.2) is 97.2 Å². The number of likely N-dealkylation sites (N-methyl/N-ethyl adjacent to an activating group) is 1. The molecule has 0 aromatic carbocycles. The number of hydrogen-bond donors (Lipinski definition) is 1.